The second-order valence-corrected chi connectivity index (χ2v) is 4.55. The molecule has 0 aliphatic rings. The van der Waals surface area contributed by atoms with E-state index in [0.29, 0.717) is 5.56 Å². The lowest BCUT2D eigenvalue weighted by Crippen LogP contribution is -2.32. The molecule has 0 aliphatic carbocycles. The Hall–Kier alpha value is -2.83. The van der Waals surface area contributed by atoms with E-state index < -0.39 is 23.4 Å². The van der Waals surface area contributed by atoms with E-state index in [1.54, 1.807) is 19.1 Å². The van der Waals surface area contributed by atoms with Crippen LogP contribution in [-0.4, -0.2) is 23.3 Å². The zero-order chi connectivity index (χ0) is 16.1. The van der Waals surface area contributed by atoms with Crippen molar-refractivity contribution < 1.29 is 18.4 Å². The van der Waals surface area contributed by atoms with E-state index in [2.05, 4.69) is 15.6 Å². The molecule has 2 amide bonds. The summed E-state index contributed by atoms with van der Waals surface area (Å²) in [6.07, 6.45) is 1.40. The summed E-state index contributed by atoms with van der Waals surface area (Å²) in [6.45, 7) is 1.49. The van der Waals surface area contributed by atoms with E-state index in [1.165, 1.54) is 12.3 Å². The highest BCUT2D eigenvalue weighted by molar-refractivity contribution is 5.99. The van der Waals surface area contributed by atoms with E-state index in [4.69, 9.17) is 0 Å². The summed E-state index contributed by atoms with van der Waals surface area (Å²) in [5, 5.41) is 4.76. The lowest BCUT2D eigenvalue weighted by atomic mass is 10.2. The van der Waals surface area contributed by atoms with Crippen LogP contribution in [0, 0.1) is 18.6 Å². The first-order chi connectivity index (χ1) is 10.5. The summed E-state index contributed by atoms with van der Waals surface area (Å²) >= 11 is 0. The predicted molar refractivity (Wildman–Crippen MR) is 76.3 cm³/mol. The highest BCUT2D eigenvalue weighted by Crippen LogP contribution is 2.12. The molecule has 0 radical (unpaired) electrons. The Balaban J connectivity index is 1.88. The molecule has 22 heavy (non-hydrogen) atoms. The van der Waals surface area contributed by atoms with Gasteiger partial charge in [0.05, 0.1) is 12.1 Å². The van der Waals surface area contributed by atoms with E-state index in [1.807, 2.05) is 0 Å². The SMILES string of the molecule is Cc1ccc(C(=O)NCC(=O)Nc2ccc(F)c(F)c2)cn1. The Morgan fingerprint density at radius 1 is 1.14 bits per heavy atom. The molecular formula is C15H13F2N3O2. The number of nitrogens with zero attached hydrogens (tertiary/aromatic N) is 1. The third kappa shape index (κ3) is 4.08. The van der Waals surface area contributed by atoms with Crippen LogP contribution in [0.2, 0.25) is 0 Å². The molecule has 2 aromatic rings. The van der Waals surface area contributed by atoms with Crippen molar-refractivity contribution in [2.75, 3.05) is 11.9 Å². The Labute approximate surface area is 125 Å². The fourth-order valence-electron chi connectivity index (χ4n) is 1.64. The zero-order valence-electron chi connectivity index (χ0n) is 11.7. The number of nitrogens with one attached hydrogen (secondary N) is 2. The standard InChI is InChI=1S/C15H13F2N3O2/c1-9-2-3-10(7-18-9)15(22)19-8-14(21)20-11-4-5-12(16)13(17)6-11/h2-7H,8H2,1H3,(H,19,22)(H,20,21). The number of aromatic nitrogens is 1. The number of rotatable bonds is 4. The predicted octanol–water partition coefficient (Wildman–Crippen LogP) is 2.04. The topological polar surface area (TPSA) is 71.1 Å². The van der Waals surface area contributed by atoms with Gasteiger partial charge in [-0.2, -0.15) is 0 Å². The Morgan fingerprint density at radius 2 is 1.91 bits per heavy atom. The van der Waals surface area contributed by atoms with Gasteiger partial charge in [-0.15, -0.1) is 0 Å². The van der Waals surface area contributed by atoms with E-state index in [-0.39, 0.29) is 12.2 Å². The highest BCUT2D eigenvalue weighted by atomic mass is 19.2. The van der Waals surface area contributed by atoms with E-state index in [0.717, 1.165) is 17.8 Å². The fourth-order valence-corrected chi connectivity index (χ4v) is 1.64. The summed E-state index contributed by atoms with van der Waals surface area (Å²) in [4.78, 5) is 27.4. The lowest BCUT2D eigenvalue weighted by molar-refractivity contribution is -0.115. The van der Waals surface area contributed by atoms with Crippen molar-refractivity contribution in [2.45, 2.75) is 6.92 Å². The fraction of sp³-hybridized carbons (Fsp3) is 0.133. The van der Waals surface area contributed by atoms with Crippen LogP contribution in [-0.2, 0) is 4.79 Å². The van der Waals surface area contributed by atoms with Gasteiger partial charge < -0.3 is 10.6 Å². The molecule has 114 valence electrons. The van der Waals surface area contributed by atoms with Crippen LogP contribution in [0.15, 0.2) is 36.5 Å². The van der Waals surface area contributed by atoms with Crippen molar-refractivity contribution in [3.63, 3.8) is 0 Å². The van der Waals surface area contributed by atoms with Gasteiger partial charge in [0.15, 0.2) is 11.6 Å². The first kappa shape index (κ1) is 15.6. The minimum Gasteiger partial charge on any atom is -0.343 e. The molecule has 5 nitrogen and oxygen atoms in total. The van der Waals surface area contributed by atoms with Gasteiger partial charge in [-0.3, -0.25) is 14.6 Å². The molecule has 0 fully saturated rings. The Bertz CT molecular complexity index is 702. The van der Waals surface area contributed by atoms with Gasteiger partial charge in [-0.05, 0) is 31.2 Å². The molecule has 2 N–H and O–H groups in total. The summed E-state index contributed by atoms with van der Waals surface area (Å²) in [5.41, 5.74) is 1.20. The number of pyridine rings is 1. The molecule has 0 aliphatic heterocycles. The molecule has 0 bridgehead atoms. The van der Waals surface area contributed by atoms with Crippen molar-refractivity contribution in [1.82, 2.24) is 10.3 Å². The molecule has 1 heterocycles. The molecule has 0 saturated carbocycles. The smallest absolute Gasteiger partial charge is 0.253 e. The number of anilines is 1. The maximum atomic E-state index is 13.0. The first-order valence-electron chi connectivity index (χ1n) is 6.41. The first-order valence-corrected chi connectivity index (χ1v) is 6.41. The van der Waals surface area contributed by atoms with Crippen molar-refractivity contribution in [2.24, 2.45) is 0 Å². The van der Waals surface area contributed by atoms with Gasteiger partial charge in [0.2, 0.25) is 5.91 Å². The van der Waals surface area contributed by atoms with Crippen LogP contribution >= 0.6 is 0 Å². The summed E-state index contributed by atoms with van der Waals surface area (Å²) in [7, 11) is 0. The average Bonchev–Trinajstić information content (AvgIpc) is 2.49. The third-order valence-electron chi connectivity index (χ3n) is 2.79. The summed E-state index contributed by atoms with van der Waals surface area (Å²) < 4.78 is 25.8. The minimum atomic E-state index is -1.06. The minimum absolute atomic E-state index is 0.107. The van der Waals surface area contributed by atoms with Crippen LogP contribution in [0.3, 0.4) is 0 Å². The summed E-state index contributed by atoms with van der Waals surface area (Å²) in [6, 6.07) is 6.25. The second kappa shape index (κ2) is 6.75. The largest absolute Gasteiger partial charge is 0.343 e. The molecule has 0 atom stereocenters. The molecular weight excluding hydrogens is 292 g/mol. The van der Waals surface area contributed by atoms with Crippen molar-refractivity contribution >= 4 is 17.5 Å². The van der Waals surface area contributed by atoms with Crippen molar-refractivity contribution in [3.8, 4) is 0 Å². The maximum Gasteiger partial charge on any atom is 0.253 e. The molecule has 1 aromatic heterocycles. The Morgan fingerprint density at radius 3 is 2.55 bits per heavy atom. The van der Waals surface area contributed by atoms with Gasteiger partial charge in [-0.25, -0.2) is 8.78 Å². The monoisotopic (exact) mass is 305 g/mol. The average molecular weight is 305 g/mol. The lowest BCUT2D eigenvalue weighted by Gasteiger charge is -2.07. The molecule has 7 heteroatoms. The van der Waals surface area contributed by atoms with Crippen LogP contribution in [0.5, 0.6) is 0 Å². The maximum absolute atomic E-state index is 13.0. The van der Waals surface area contributed by atoms with Gasteiger partial charge >= 0.3 is 0 Å². The molecule has 0 unspecified atom stereocenters. The Kier molecular flexibility index (Phi) is 4.77. The number of amides is 2. The third-order valence-corrected chi connectivity index (χ3v) is 2.79. The van der Waals surface area contributed by atoms with Gasteiger partial charge in [0.25, 0.3) is 5.91 Å². The van der Waals surface area contributed by atoms with Crippen LogP contribution in [0.1, 0.15) is 16.1 Å². The van der Waals surface area contributed by atoms with E-state index in [9.17, 15) is 18.4 Å². The van der Waals surface area contributed by atoms with Crippen molar-refractivity contribution in [3.05, 3.63) is 59.4 Å². The number of carbonyl (C=O) groups excluding carboxylic acids is 2. The number of carbonyl (C=O) groups is 2. The van der Waals surface area contributed by atoms with Gasteiger partial charge in [0, 0.05) is 23.6 Å². The number of aryl methyl sites for hydroxylation is 1. The van der Waals surface area contributed by atoms with Crippen LogP contribution in [0.25, 0.3) is 0 Å². The van der Waals surface area contributed by atoms with Crippen LogP contribution < -0.4 is 10.6 Å². The van der Waals surface area contributed by atoms with Crippen molar-refractivity contribution in [1.29, 1.82) is 0 Å². The number of hydrogen-bond acceptors (Lipinski definition) is 3. The number of hydrogen-bond donors (Lipinski definition) is 2. The van der Waals surface area contributed by atoms with Crippen LogP contribution in [0.4, 0.5) is 14.5 Å². The van der Waals surface area contributed by atoms with Gasteiger partial charge in [-0.1, -0.05) is 0 Å². The molecule has 0 saturated heterocycles. The normalized spacial score (nSPS) is 10.1. The molecule has 2 rings (SSSR count). The second-order valence-electron chi connectivity index (χ2n) is 4.55. The summed E-state index contributed by atoms with van der Waals surface area (Å²) in [5.74, 6) is -3.07. The number of benzene rings is 1. The molecule has 1 aromatic carbocycles. The highest BCUT2D eigenvalue weighted by Gasteiger charge is 2.09. The zero-order valence-corrected chi connectivity index (χ0v) is 11.7. The van der Waals surface area contributed by atoms with E-state index >= 15 is 0 Å². The quantitative estimate of drug-likeness (QED) is 0.908. The number of halogens is 2. The van der Waals surface area contributed by atoms with Gasteiger partial charge in [0.1, 0.15) is 0 Å². The molecule has 0 spiro atoms.